The molecular weight excluding hydrogens is 1170 g/mol. The molecule has 1 aromatic rings. The fourth-order valence-corrected chi connectivity index (χ4v) is 12.2. The highest BCUT2D eigenvalue weighted by Gasteiger charge is 2.46. The molecule has 5 N–H and O–H groups in total. The lowest BCUT2D eigenvalue weighted by molar-refractivity contribution is -0.166. The first kappa shape index (κ1) is 68.8. The largest absolute Gasteiger partial charge is 0.458 e. The number of ether oxygens (including phenoxy) is 2. The van der Waals surface area contributed by atoms with Crippen LogP contribution >= 0.6 is 0 Å². The number of nitrogens with zero attached hydrogens (tertiary/aromatic N) is 6. The average molecular weight is 1260 g/mol. The Bertz CT molecular complexity index is 3480. The van der Waals surface area contributed by atoms with E-state index in [9.17, 15) is 57.5 Å². The molecule has 1 aliphatic carbocycles. The number of amides is 10. The van der Waals surface area contributed by atoms with E-state index in [4.69, 9.17) is 13.9 Å². The SMILES string of the molecule is Cc1c2oc3c(C)ccc(C(=O)NC4OC(=O)C(C(C)C)N(C)C(=O)CN(C)C(=O)C5CCCN5C(=O)C(C(C)C)NC(=O)C4C)c3[nH]c-2c(C(=O)NC2C(=O)NC(C(C)C)C(=O)N3CCCC3C(=O)N(C)CC(=O)N(C)C(C(C)C)C(=O)OC2C)c(=O)c1=O. The zero-order valence-corrected chi connectivity index (χ0v) is 54.0. The normalized spacial score (nSPS) is 26.2. The summed E-state index contributed by atoms with van der Waals surface area (Å²) in [7, 11) is 5.51. The van der Waals surface area contributed by atoms with Crippen molar-refractivity contribution < 1.29 is 71.4 Å². The van der Waals surface area contributed by atoms with Crippen molar-refractivity contribution in [3.8, 4) is 11.5 Å². The summed E-state index contributed by atoms with van der Waals surface area (Å²) in [6.07, 6.45) is -2.03. The van der Waals surface area contributed by atoms with E-state index < -0.39 is 190 Å². The fourth-order valence-electron chi connectivity index (χ4n) is 12.2. The number of H-pyrrole nitrogens is 1. The molecule has 4 saturated heterocycles. The summed E-state index contributed by atoms with van der Waals surface area (Å²) in [4.78, 5) is 211. The quantitative estimate of drug-likeness (QED) is 0.117. The third-order valence-corrected chi connectivity index (χ3v) is 17.6. The van der Waals surface area contributed by atoms with Crippen LogP contribution in [0.15, 0.2) is 26.1 Å². The van der Waals surface area contributed by atoms with Gasteiger partial charge in [-0.2, -0.15) is 0 Å². The topological polar surface area (TPSA) is 354 Å². The van der Waals surface area contributed by atoms with E-state index in [1.165, 1.54) is 80.7 Å². The lowest BCUT2D eigenvalue weighted by Gasteiger charge is -2.36. The molecule has 90 heavy (non-hydrogen) atoms. The molecule has 0 spiro atoms. The molecule has 5 aliphatic heterocycles. The molecule has 490 valence electrons. The molecular formula is C62H85N11O17. The van der Waals surface area contributed by atoms with E-state index in [0.717, 1.165) is 9.80 Å². The number of aromatic amines is 1. The Balaban J connectivity index is 1.32. The minimum atomic E-state index is -1.95. The maximum atomic E-state index is 15.1. The van der Waals surface area contributed by atoms with E-state index >= 15 is 9.59 Å². The molecule has 4 fully saturated rings. The molecule has 0 bridgehead atoms. The number of hydrogen-bond acceptors (Lipinski definition) is 17. The second-order valence-electron chi connectivity index (χ2n) is 25.6. The van der Waals surface area contributed by atoms with Crippen LogP contribution < -0.4 is 32.1 Å². The van der Waals surface area contributed by atoms with Crippen LogP contribution in [0.5, 0.6) is 0 Å². The van der Waals surface area contributed by atoms with Gasteiger partial charge in [0.15, 0.2) is 17.6 Å². The Morgan fingerprint density at radius 2 is 1.07 bits per heavy atom. The van der Waals surface area contributed by atoms with Crippen LogP contribution in [0.2, 0.25) is 0 Å². The smallest absolute Gasteiger partial charge is 0.331 e. The first-order valence-corrected chi connectivity index (χ1v) is 30.5. The minimum Gasteiger partial charge on any atom is -0.458 e. The van der Waals surface area contributed by atoms with Crippen molar-refractivity contribution in [2.24, 2.45) is 29.6 Å². The van der Waals surface area contributed by atoms with Gasteiger partial charge in [-0.05, 0) is 88.7 Å². The van der Waals surface area contributed by atoms with E-state index in [2.05, 4.69) is 26.3 Å². The maximum Gasteiger partial charge on any atom is 0.331 e. The van der Waals surface area contributed by atoms with Gasteiger partial charge in [0.1, 0.15) is 54.0 Å². The second kappa shape index (κ2) is 27.6. The second-order valence-corrected chi connectivity index (χ2v) is 25.6. The molecule has 10 unspecified atom stereocenters. The monoisotopic (exact) mass is 1260 g/mol. The number of hydrogen-bond donors (Lipinski definition) is 5. The van der Waals surface area contributed by atoms with Crippen LogP contribution in [0.25, 0.3) is 22.6 Å². The van der Waals surface area contributed by atoms with Crippen molar-refractivity contribution in [1.82, 2.24) is 55.7 Å². The highest BCUT2D eigenvalue weighted by atomic mass is 16.6. The number of carbonyl (C=O) groups is 12. The van der Waals surface area contributed by atoms with Gasteiger partial charge in [0.05, 0.1) is 35.8 Å². The summed E-state index contributed by atoms with van der Waals surface area (Å²) in [6.45, 7) is 18.1. The van der Waals surface area contributed by atoms with Gasteiger partial charge in [-0.15, -0.1) is 0 Å². The Hall–Kier alpha value is -8.72. The molecule has 10 amide bonds. The number of nitrogens with one attached hydrogen (secondary N) is 5. The lowest BCUT2D eigenvalue weighted by atomic mass is 9.99. The molecule has 6 aliphatic rings. The van der Waals surface area contributed by atoms with Gasteiger partial charge in [-0.3, -0.25) is 57.5 Å². The number of cyclic esters (lactones) is 2. The number of esters is 2. The van der Waals surface area contributed by atoms with Crippen molar-refractivity contribution in [2.45, 2.75) is 163 Å². The first-order valence-electron chi connectivity index (χ1n) is 30.5. The number of carbonyl (C=O) groups excluding carboxylic acids is 12. The van der Waals surface area contributed by atoms with Crippen LogP contribution in [0.4, 0.5) is 0 Å². The summed E-state index contributed by atoms with van der Waals surface area (Å²) < 4.78 is 18.3. The van der Waals surface area contributed by atoms with E-state index in [1.54, 1.807) is 62.3 Å². The molecule has 28 heteroatoms. The number of benzene rings is 2. The van der Waals surface area contributed by atoms with Gasteiger partial charge >= 0.3 is 11.9 Å². The van der Waals surface area contributed by atoms with Gasteiger partial charge in [0.2, 0.25) is 58.1 Å². The number of rotatable bonds is 8. The zero-order chi connectivity index (χ0) is 67.0. The maximum absolute atomic E-state index is 15.1. The van der Waals surface area contributed by atoms with Crippen LogP contribution in [0.1, 0.15) is 127 Å². The molecule has 0 radical (unpaired) electrons. The van der Waals surface area contributed by atoms with Gasteiger partial charge in [0, 0.05) is 46.8 Å². The molecule has 5 heterocycles. The lowest BCUT2D eigenvalue weighted by Crippen LogP contribution is -2.61. The van der Waals surface area contributed by atoms with Crippen LogP contribution in [-0.2, 0) is 57.4 Å². The van der Waals surface area contributed by atoms with Crippen LogP contribution in [-0.4, -0.2) is 214 Å². The summed E-state index contributed by atoms with van der Waals surface area (Å²) >= 11 is 0. The van der Waals surface area contributed by atoms with Crippen molar-refractivity contribution in [2.75, 3.05) is 54.4 Å². The number of aryl methyl sites for hydroxylation is 1. The number of fused-ring (bicyclic) bond motifs is 4. The molecule has 1 aromatic carbocycles. The van der Waals surface area contributed by atoms with Crippen molar-refractivity contribution in [3.05, 3.63) is 54.8 Å². The van der Waals surface area contributed by atoms with Crippen molar-refractivity contribution in [1.29, 1.82) is 0 Å². The standard InChI is InChI=1S/C62H85N11O17/c1-27(2)41-59(84)72-23-17-19-36(72)57(82)69(14)26-39(75)71(16)47(30(7)8)62(87)90-56(33(11)52(78)64-41)67-53(79)35-22-21-31(9)50-44(35)63-45-40(49(77)48(76)32(10)51(45)89-50)54(80)66-43-34(12)88-61(86)46(29(5)6)70(15)38(74)25-68(13)58(83)37-20-18-24-73(37)60(85)42(28(3)4)65-55(43)81/h21-22,27-30,33-34,36-37,41-43,46-47,56,63H,17-20,23-26H2,1-16H3,(H,64,78)(H,65,81)(H,66,80)(H,67,79). The highest BCUT2D eigenvalue weighted by Crippen LogP contribution is 2.33. The van der Waals surface area contributed by atoms with Crippen LogP contribution in [0, 0.1) is 43.4 Å². The number of likely N-dealkylation sites (N-methyl/N-ethyl adjacent to an activating group) is 4. The van der Waals surface area contributed by atoms with E-state index in [0.29, 0.717) is 24.8 Å². The summed E-state index contributed by atoms with van der Waals surface area (Å²) in [5, 5.41) is 10.5. The van der Waals surface area contributed by atoms with Gasteiger partial charge in [-0.25, -0.2) is 9.59 Å². The third-order valence-electron chi connectivity index (χ3n) is 17.6. The van der Waals surface area contributed by atoms with Crippen molar-refractivity contribution >= 4 is 82.1 Å². The van der Waals surface area contributed by atoms with Gasteiger partial charge < -0.3 is 69.5 Å². The Morgan fingerprint density at radius 3 is 1.54 bits per heavy atom. The van der Waals surface area contributed by atoms with E-state index in [1.807, 2.05) is 0 Å². The molecule has 10 atom stereocenters. The predicted molar refractivity (Wildman–Crippen MR) is 324 cm³/mol. The molecule has 7 rings (SSSR count). The van der Waals surface area contributed by atoms with Gasteiger partial charge in [0.25, 0.3) is 11.8 Å². The Morgan fingerprint density at radius 1 is 0.589 bits per heavy atom. The molecule has 28 nitrogen and oxygen atoms in total. The third kappa shape index (κ3) is 13.7. The van der Waals surface area contributed by atoms with Gasteiger partial charge in [-0.1, -0.05) is 61.5 Å². The predicted octanol–water partition coefficient (Wildman–Crippen LogP) is 0.642. The Kier molecular flexibility index (Phi) is 21.1. The highest BCUT2D eigenvalue weighted by molar-refractivity contribution is 6.08. The number of aromatic nitrogens is 1. The molecule has 0 aromatic heterocycles. The van der Waals surface area contributed by atoms with Crippen LogP contribution in [0.3, 0.4) is 0 Å². The fraction of sp³-hybridized carbons (Fsp3) is 0.613. The van der Waals surface area contributed by atoms with Crippen molar-refractivity contribution in [3.63, 3.8) is 0 Å². The average Bonchev–Trinajstić information content (AvgIpc) is 0.865. The summed E-state index contributed by atoms with van der Waals surface area (Å²) in [5.41, 5.74) is -4.49. The minimum absolute atomic E-state index is 0.0796. The summed E-state index contributed by atoms with van der Waals surface area (Å²) in [5.74, 6) is -14.2. The first-order chi connectivity index (χ1) is 42.1. The zero-order valence-electron chi connectivity index (χ0n) is 54.0. The summed E-state index contributed by atoms with van der Waals surface area (Å²) in [6, 6.07) is -6.28. The van der Waals surface area contributed by atoms with E-state index in [-0.39, 0.29) is 47.5 Å². The Labute approximate surface area is 521 Å². The molecule has 0 saturated carbocycles.